The van der Waals surface area contributed by atoms with Crippen molar-refractivity contribution in [3.05, 3.63) is 46.7 Å². The zero-order valence-electron chi connectivity index (χ0n) is 49.8. The predicted molar refractivity (Wildman–Crippen MR) is 325 cm³/mol. The topological polar surface area (TPSA) is 464 Å². The Bertz CT molecular complexity index is 3200. The normalized spacial score (nSPS) is 27.3. The summed E-state index contributed by atoms with van der Waals surface area (Å²) in [7, 11) is -2.53. The Balaban J connectivity index is 1.43. The summed E-state index contributed by atoms with van der Waals surface area (Å²) in [6, 6.07) is -6.97. The Kier molecular flexibility index (Phi) is 25.9. The maximum absolute atomic E-state index is 15.2. The number of fused-ring (bicyclic) bond motifs is 5. The number of amides is 10. The van der Waals surface area contributed by atoms with E-state index in [-0.39, 0.29) is 27.2 Å². The number of rotatable bonds is 14. The number of carboxylic acid groups (broad SMARTS) is 1. The van der Waals surface area contributed by atoms with Crippen molar-refractivity contribution in [2.75, 3.05) is 42.4 Å². The van der Waals surface area contributed by atoms with Crippen LogP contribution in [0, 0.1) is 23.7 Å². The lowest BCUT2D eigenvalue weighted by Gasteiger charge is -2.32. The number of aliphatic hydroxyl groups is 3. The third-order valence-electron chi connectivity index (χ3n) is 15.7. The summed E-state index contributed by atoms with van der Waals surface area (Å²) in [5, 5.41) is 67.8. The van der Waals surface area contributed by atoms with E-state index in [4.69, 9.17) is 0 Å². The van der Waals surface area contributed by atoms with E-state index >= 15 is 4.21 Å². The molecule has 6 rings (SSSR count). The van der Waals surface area contributed by atoms with Gasteiger partial charge in [-0.1, -0.05) is 34.1 Å². The minimum absolute atomic E-state index is 0.0344. The molecule has 1 fully saturated rings. The van der Waals surface area contributed by atoms with Crippen molar-refractivity contribution >= 4 is 133 Å². The molecule has 4 unspecified atom stereocenters. The summed E-state index contributed by atoms with van der Waals surface area (Å²) in [6.07, 6.45) is -4.41. The first-order chi connectivity index (χ1) is 42.6. The summed E-state index contributed by atoms with van der Waals surface area (Å²) in [5.41, 5.74) is 0.117. The lowest BCUT2D eigenvalue weighted by atomic mass is 9.93. The SMILES string of the molecule is CC[C@H](C)[C@@H]1NC(=O)CNC(=O)[C@@H]2Cc3c([nH]c4ccc(NC(=O)[C@H](C)CC(=O)[C@H](C)NC(=O)C5CC(=O)/C=C/SCS/C=C/C(=O)N5)cc34)S(=O)C[C@H](NC(=O)CNC1=O)C(=O)C[C@@H](CC(=O)O)C(=O)N1C[C@@H](O)C[C@H]1C(=O)N[C@@H](C(C)C(O)CO)C(=O)N2. The van der Waals surface area contributed by atoms with Crippen molar-refractivity contribution in [2.24, 2.45) is 23.7 Å². The highest BCUT2D eigenvalue weighted by Gasteiger charge is 2.45. The van der Waals surface area contributed by atoms with Gasteiger partial charge in [0.05, 0.1) is 72.9 Å². The number of ketones is 3. The molecular weight excluding hydrogens is 1240 g/mol. The van der Waals surface area contributed by atoms with Gasteiger partial charge in [0.2, 0.25) is 59.1 Å². The monoisotopic (exact) mass is 1310 g/mol. The summed E-state index contributed by atoms with van der Waals surface area (Å²) >= 11 is 2.60. The lowest BCUT2D eigenvalue weighted by Crippen LogP contribution is -2.61. The van der Waals surface area contributed by atoms with Crippen molar-refractivity contribution in [1.29, 1.82) is 0 Å². The van der Waals surface area contributed by atoms with E-state index in [0.29, 0.717) is 11.5 Å². The largest absolute Gasteiger partial charge is 0.481 e. The number of aliphatic carboxylic acids is 1. The number of nitrogens with one attached hydrogen (secondary N) is 10. The van der Waals surface area contributed by atoms with Gasteiger partial charge in [0, 0.05) is 78.2 Å². The maximum atomic E-state index is 15.2. The van der Waals surface area contributed by atoms with Gasteiger partial charge in [-0.05, 0) is 53.5 Å². The van der Waals surface area contributed by atoms with Gasteiger partial charge in [-0.3, -0.25) is 71.3 Å². The summed E-state index contributed by atoms with van der Waals surface area (Å²) in [5.74, 6) is -19.1. The average molecular weight is 1310 g/mol. The number of hydrogen-bond acceptors (Lipinski definition) is 20. The first-order valence-electron chi connectivity index (χ1n) is 28.9. The summed E-state index contributed by atoms with van der Waals surface area (Å²) in [6.45, 7) is 4.14. The van der Waals surface area contributed by atoms with Gasteiger partial charge >= 0.3 is 5.97 Å². The molecule has 0 aliphatic carbocycles. The number of carboxylic acids is 1. The Morgan fingerprint density at radius 2 is 1.48 bits per heavy atom. The number of allylic oxidation sites excluding steroid dienone is 1. The minimum Gasteiger partial charge on any atom is -0.481 e. The summed E-state index contributed by atoms with van der Waals surface area (Å²) in [4.78, 5) is 197. The quantitative estimate of drug-likeness (QED) is 0.0897. The van der Waals surface area contributed by atoms with Crippen molar-refractivity contribution < 1.29 is 91.8 Å². The number of carbonyl (C=O) groups is 14. The zero-order chi connectivity index (χ0) is 66.3. The molecule has 4 aliphatic heterocycles. The standard InChI is InChI=1S/C57H75N11O19S3/c1-6-26(2)48-54(84)59-20-45(76)63-39-24-90(87)56-35(34-16-31(7-8-36(34)65-56)61-50(80)27(3)13-41(72)29(5)60-52(82)37-17-32(70)9-11-88-25-89-12-10-44(75)62-37)19-38(51(81)58-21-46(77)66-48)64-55(85)49(28(4)43(74)23-69)67-53(83)40-18-33(71)22-68(40)57(86)30(14-42(39)73)15-47(78)79/h7-12,16,26-30,33,37-40,43,48-49,65,69,71,74H,6,13-15,17-25H2,1-5H3,(H,58,81)(H,59,84)(H,60,82)(H,61,80)(H,62,75)(H,63,76)(H,64,85)(H,66,77)(H,67,83)(H,78,79)/b11-9+,12-10+/t26-,27+,28?,29-,30-,33-,37?,38-,39-,40-,43?,48-,49-,90?/m0/s1. The molecule has 0 spiro atoms. The Morgan fingerprint density at radius 3 is 2.16 bits per heavy atom. The van der Waals surface area contributed by atoms with Crippen LogP contribution in [0.5, 0.6) is 0 Å². The highest BCUT2D eigenvalue weighted by molar-refractivity contribution is 8.18. The molecule has 1 saturated heterocycles. The molecule has 10 amide bonds. The van der Waals surface area contributed by atoms with Crippen LogP contribution in [0.1, 0.15) is 78.7 Å². The van der Waals surface area contributed by atoms with Gasteiger partial charge in [-0.15, -0.1) is 23.5 Å². The Morgan fingerprint density at radius 1 is 0.800 bits per heavy atom. The van der Waals surface area contributed by atoms with E-state index in [1.165, 1.54) is 80.1 Å². The molecule has 2 bridgehead atoms. The molecule has 1 aromatic heterocycles. The number of carbonyl (C=O) groups excluding carboxylic acids is 13. The number of H-pyrrole nitrogens is 1. The van der Waals surface area contributed by atoms with Crippen LogP contribution in [-0.4, -0.2) is 208 Å². The van der Waals surface area contributed by atoms with Crippen molar-refractivity contribution in [3.8, 4) is 0 Å². The number of nitrogens with zero attached hydrogens (tertiary/aromatic N) is 1. The number of anilines is 1. The first kappa shape index (κ1) is 71.2. The van der Waals surface area contributed by atoms with Crippen LogP contribution in [-0.2, 0) is 84.3 Å². The van der Waals surface area contributed by atoms with E-state index in [0.717, 1.165) is 4.90 Å². The highest BCUT2D eigenvalue weighted by Crippen LogP contribution is 2.31. The number of Topliss-reactive ketones (excluding diaryl/α,β-unsaturated/α-hetero) is 2. The summed E-state index contributed by atoms with van der Waals surface area (Å²) < 4.78 is 15.2. The molecule has 90 heavy (non-hydrogen) atoms. The van der Waals surface area contributed by atoms with Crippen LogP contribution in [0.15, 0.2) is 46.2 Å². The molecule has 14 N–H and O–H groups in total. The van der Waals surface area contributed by atoms with E-state index < -0.39 is 242 Å². The third-order valence-corrected chi connectivity index (χ3v) is 18.9. The van der Waals surface area contributed by atoms with E-state index in [9.17, 15) is 87.5 Å². The van der Waals surface area contributed by atoms with Gasteiger partial charge in [-0.25, -0.2) is 0 Å². The predicted octanol–water partition coefficient (Wildman–Crippen LogP) is -2.99. The first-order valence-corrected chi connectivity index (χ1v) is 32.3. The fraction of sp³-hybridized carbons (Fsp3) is 0.544. The molecular formula is C57H75N11O19S3. The van der Waals surface area contributed by atoms with E-state index in [1.807, 2.05) is 0 Å². The number of hydrogen-bond donors (Lipinski definition) is 14. The molecule has 490 valence electrons. The number of aromatic amines is 1. The molecule has 4 aliphatic rings. The van der Waals surface area contributed by atoms with Gasteiger partial charge in [-0.2, -0.15) is 0 Å². The van der Waals surface area contributed by atoms with Gasteiger partial charge in [0.25, 0.3) is 0 Å². The second-order valence-electron chi connectivity index (χ2n) is 22.5. The molecule has 0 saturated carbocycles. The zero-order valence-corrected chi connectivity index (χ0v) is 52.3. The molecule has 14 atom stereocenters. The van der Waals surface area contributed by atoms with E-state index in [2.05, 4.69) is 52.8 Å². The molecule has 2 aromatic rings. The Hall–Kier alpha value is -7.85. The average Bonchev–Trinajstić information content (AvgIpc) is 1.93. The molecule has 30 nitrogen and oxygen atoms in total. The molecule has 1 aromatic carbocycles. The Labute approximate surface area is 527 Å². The smallest absolute Gasteiger partial charge is 0.304 e. The number of benzene rings is 1. The van der Waals surface area contributed by atoms with Crippen LogP contribution in [0.2, 0.25) is 0 Å². The lowest BCUT2D eigenvalue weighted by molar-refractivity contribution is -0.148. The third kappa shape index (κ3) is 19.3. The van der Waals surface area contributed by atoms with Crippen molar-refractivity contribution in [1.82, 2.24) is 52.4 Å². The van der Waals surface area contributed by atoms with Crippen LogP contribution in [0.25, 0.3) is 10.9 Å². The van der Waals surface area contributed by atoms with Gasteiger partial charge < -0.3 is 78.2 Å². The van der Waals surface area contributed by atoms with E-state index in [1.54, 1.807) is 19.3 Å². The second-order valence-corrected chi connectivity index (χ2v) is 26.1. The van der Waals surface area contributed by atoms with Crippen LogP contribution in [0.4, 0.5) is 5.69 Å². The van der Waals surface area contributed by atoms with Crippen LogP contribution >= 0.6 is 23.5 Å². The maximum Gasteiger partial charge on any atom is 0.304 e. The van der Waals surface area contributed by atoms with Crippen molar-refractivity contribution in [2.45, 2.75) is 139 Å². The molecule has 33 heteroatoms. The van der Waals surface area contributed by atoms with Gasteiger partial charge in [0.1, 0.15) is 35.2 Å². The number of thioether (sulfide) groups is 2. The van der Waals surface area contributed by atoms with Crippen LogP contribution < -0.4 is 47.9 Å². The van der Waals surface area contributed by atoms with Crippen LogP contribution in [0.3, 0.4) is 0 Å². The minimum atomic E-state index is -2.53. The highest BCUT2D eigenvalue weighted by atomic mass is 32.2. The number of aliphatic hydroxyl groups excluding tert-OH is 3. The number of aromatic nitrogens is 1. The molecule has 5 heterocycles. The fourth-order valence-electron chi connectivity index (χ4n) is 10.3. The van der Waals surface area contributed by atoms with Gasteiger partial charge in [0.15, 0.2) is 17.3 Å². The molecule has 0 radical (unpaired) electrons. The van der Waals surface area contributed by atoms with Crippen molar-refractivity contribution in [3.63, 3.8) is 0 Å². The fourth-order valence-corrected chi connectivity index (χ4v) is 13.1. The second kappa shape index (κ2) is 32.8.